The van der Waals surface area contributed by atoms with E-state index in [-0.39, 0.29) is 0 Å². The van der Waals surface area contributed by atoms with E-state index >= 15 is 0 Å². The minimum absolute atomic E-state index is 0.911. The summed E-state index contributed by atoms with van der Waals surface area (Å²) >= 11 is 1.63. The van der Waals surface area contributed by atoms with Crippen molar-refractivity contribution in [2.75, 3.05) is 23.3 Å². The van der Waals surface area contributed by atoms with Gasteiger partial charge in [0.05, 0.1) is 12.0 Å². The number of aryl methyl sites for hydroxylation is 1. The monoisotopic (exact) mass is 417 g/mol. The van der Waals surface area contributed by atoms with Crippen LogP contribution in [0.25, 0.3) is 16.9 Å². The van der Waals surface area contributed by atoms with E-state index in [0.717, 1.165) is 47.3 Å². The smallest absolute Gasteiger partial charge is 0.187 e. The van der Waals surface area contributed by atoms with Crippen molar-refractivity contribution >= 4 is 27.8 Å². The number of anilines is 3. The number of imidazole rings is 1. The summed E-state index contributed by atoms with van der Waals surface area (Å²) in [5, 5.41) is 6.54. The van der Waals surface area contributed by atoms with E-state index in [0.29, 0.717) is 0 Å². The van der Waals surface area contributed by atoms with Crippen molar-refractivity contribution < 1.29 is 0 Å². The van der Waals surface area contributed by atoms with Crippen LogP contribution < -0.4 is 10.2 Å². The summed E-state index contributed by atoms with van der Waals surface area (Å²) < 4.78 is 1.99. The van der Waals surface area contributed by atoms with Crippen molar-refractivity contribution in [3.05, 3.63) is 72.1 Å². The Morgan fingerprint density at radius 1 is 1.03 bits per heavy atom. The molecule has 0 spiro atoms. The van der Waals surface area contributed by atoms with Crippen molar-refractivity contribution in [2.24, 2.45) is 0 Å². The molecule has 0 radical (unpaired) electrons. The fraction of sp³-hybridized carbons (Fsp3) is 0.250. The summed E-state index contributed by atoms with van der Waals surface area (Å²) in [6.45, 7) is 8.62. The van der Waals surface area contributed by atoms with E-state index in [1.54, 1.807) is 23.9 Å². The quantitative estimate of drug-likeness (QED) is 0.374. The maximum absolute atomic E-state index is 4.81. The number of thiazole rings is 1. The number of rotatable bonds is 8. The highest BCUT2D eigenvalue weighted by molar-refractivity contribution is 7.14. The van der Waals surface area contributed by atoms with Gasteiger partial charge in [-0.1, -0.05) is 19.1 Å². The zero-order valence-electron chi connectivity index (χ0n) is 17.7. The third kappa shape index (κ3) is 4.24. The molecule has 30 heavy (non-hydrogen) atoms. The first-order valence-corrected chi connectivity index (χ1v) is 11.3. The van der Waals surface area contributed by atoms with Gasteiger partial charge in [0.1, 0.15) is 0 Å². The van der Waals surface area contributed by atoms with Gasteiger partial charge in [-0.05, 0) is 56.2 Å². The molecule has 0 saturated carbocycles. The van der Waals surface area contributed by atoms with Gasteiger partial charge in [-0.25, -0.2) is 9.97 Å². The third-order valence-electron chi connectivity index (χ3n) is 5.31. The van der Waals surface area contributed by atoms with Gasteiger partial charge in [-0.2, -0.15) is 0 Å². The zero-order chi connectivity index (χ0) is 20.9. The molecular weight excluding hydrogens is 390 g/mol. The Morgan fingerprint density at radius 2 is 1.83 bits per heavy atom. The molecule has 5 nitrogen and oxygen atoms in total. The van der Waals surface area contributed by atoms with Crippen LogP contribution in [-0.4, -0.2) is 27.6 Å². The lowest BCUT2D eigenvalue weighted by Gasteiger charge is -2.22. The molecule has 2 aromatic carbocycles. The number of nitrogens with one attached hydrogen (secondary N) is 1. The van der Waals surface area contributed by atoms with Crippen LogP contribution in [0.1, 0.15) is 26.3 Å². The molecular formula is C24H27N5S. The number of hydrogen-bond acceptors (Lipinski definition) is 5. The molecule has 4 aromatic rings. The Kier molecular flexibility index (Phi) is 6.14. The molecule has 154 valence electrons. The lowest BCUT2D eigenvalue weighted by Crippen LogP contribution is -2.21. The zero-order valence-corrected chi connectivity index (χ0v) is 18.5. The molecule has 6 heteroatoms. The van der Waals surface area contributed by atoms with Crippen LogP contribution in [-0.2, 0) is 6.42 Å². The summed E-state index contributed by atoms with van der Waals surface area (Å²) in [4.78, 5) is 11.3. The Morgan fingerprint density at radius 3 is 2.50 bits per heavy atom. The Bertz CT molecular complexity index is 1080. The Hall–Kier alpha value is -3.12. The van der Waals surface area contributed by atoms with Gasteiger partial charge >= 0.3 is 0 Å². The van der Waals surface area contributed by atoms with Gasteiger partial charge in [-0.15, -0.1) is 11.3 Å². The summed E-state index contributed by atoms with van der Waals surface area (Å²) in [6, 6.07) is 15.0. The normalized spacial score (nSPS) is 10.9. The van der Waals surface area contributed by atoms with Gasteiger partial charge < -0.3 is 14.8 Å². The molecule has 0 fully saturated rings. The first kappa shape index (κ1) is 20.2. The second-order valence-electron chi connectivity index (χ2n) is 7.05. The van der Waals surface area contributed by atoms with Crippen LogP contribution in [0.5, 0.6) is 0 Å². The van der Waals surface area contributed by atoms with Crippen molar-refractivity contribution in [2.45, 2.75) is 27.2 Å². The average Bonchev–Trinajstić information content (AvgIpc) is 3.48. The molecule has 2 aromatic heterocycles. The minimum atomic E-state index is 0.911. The largest absolute Gasteiger partial charge is 0.372 e. The first-order valence-electron chi connectivity index (χ1n) is 10.4. The van der Waals surface area contributed by atoms with Crippen molar-refractivity contribution in [3.63, 3.8) is 0 Å². The van der Waals surface area contributed by atoms with Gasteiger partial charge in [0.25, 0.3) is 0 Å². The summed E-state index contributed by atoms with van der Waals surface area (Å²) in [6.07, 6.45) is 6.50. The van der Waals surface area contributed by atoms with Crippen LogP contribution in [0.15, 0.2) is 66.6 Å². The number of hydrogen-bond donors (Lipinski definition) is 1. The van der Waals surface area contributed by atoms with Crippen molar-refractivity contribution in [1.82, 2.24) is 14.5 Å². The molecule has 1 N–H and O–H groups in total. The van der Waals surface area contributed by atoms with Gasteiger partial charge in [0, 0.05) is 53.5 Å². The maximum Gasteiger partial charge on any atom is 0.187 e. The lowest BCUT2D eigenvalue weighted by atomic mass is 10.1. The first-order chi connectivity index (χ1) is 14.7. The molecule has 0 aliphatic carbocycles. The van der Waals surface area contributed by atoms with E-state index in [4.69, 9.17) is 4.98 Å². The minimum Gasteiger partial charge on any atom is -0.372 e. The highest BCUT2D eigenvalue weighted by atomic mass is 32.1. The molecule has 0 saturated heterocycles. The summed E-state index contributed by atoms with van der Waals surface area (Å²) in [7, 11) is 0. The highest BCUT2D eigenvalue weighted by Gasteiger charge is 2.10. The van der Waals surface area contributed by atoms with Crippen LogP contribution in [0.3, 0.4) is 0 Å². The summed E-state index contributed by atoms with van der Waals surface area (Å²) in [5.74, 6) is 0. The average molecular weight is 418 g/mol. The number of aromatic nitrogens is 3. The molecule has 4 rings (SSSR count). The van der Waals surface area contributed by atoms with E-state index < -0.39 is 0 Å². The van der Waals surface area contributed by atoms with Crippen LogP contribution >= 0.6 is 11.3 Å². The topological polar surface area (TPSA) is 46.0 Å². The van der Waals surface area contributed by atoms with Gasteiger partial charge in [-0.3, -0.25) is 0 Å². The second-order valence-corrected chi connectivity index (χ2v) is 7.91. The molecule has 0 bridgehead atoms. The number of nitrogens with zero attached hydrogens (tertiary/aromatic N) is 4. The standard InChI is InChI=1S/C24H27N5S/c1-4-18-15-21(28(5-2)6-3)11-12-22(18)26-24-27-23(16-30-24)19-7-9-20(10-8-19)29-14-13-25-17-29/h7-17H,4-6H2,1-3H3,(H,26,27). The van der Waals surface area contributed by atoms with Crippen LogP contribution in [0, 0.1) is 0 Å². The molecule has 0 amide bonds. The molecule has 2 heterocycles. The SMILES string of the molecule is CCc1cc(N(CC)CC)ccc1Nc1nc(-c2ccc(-n3ccnc3)cc2)cs1. The summed E-state index contributed by atoms with van der Waals surface area (Å²) in [5.41, 5.74) is 6.89. The highest BCUT2D eigenvalue weighted by Crippen LogP contribution is 2.31. The third-order valence-corrected chi connectivity index (χ3v) is 6.07. The fourth-order valence-electron chi connectivity index (χ4n) is 3.58. The van der Waals surface area contributed by atoms with E-state index in [9.17, 15) is 0 Å². The van der Waals surface area contributed by atoms with E-state index in [1.165, 1.54) is 11.3 Å². The second kappa shape index (κ2) is 9.13. The fourth-order valence-corrected chi connectivity index (χ4v) is 4.31. The molecule has 0 atom stereocenters. The van der Waals surface area contributed by atoms with Crippen LogP contribution in [0.4, 0.5) is 16.5 Å². The van der Waals surface area contributed by atoms with Crippen LogP contribution in [0.2, 0.25) is 0 Å². The lowest BCUT2D eigenvalue weighted by molar-refractivity contribution is 0.864. The van der Waals surface area contributed by atoms with E-state index in [2.05, 4.69) is 83.8 Å². The van der Waals surface area contributed by atoms with Crippen molar-refractivity contribution in [1.29, 1.82) is 0 Å². The van der Waals surface area contributed by atoms with Gasteiger partial charge in [0.2, 0.25) is 0 Å². The Balaban J connectivity index is 1.52. The maximum atomic E-state index is 4.81. The molecule has 0 aliphatic rings. The predicted octanol–water partition coefficient (Wildman–Crippen LogP) is 6.15. The van der Waals surface area contributed by atoms with Gasteiger partial charge in [0.15, 0.2) is 5.13 Å². The van der Waals surface area contributed by atoms with E-state index in [1.807, 2.05) is 10.8 Å². The molecule has 0 aliphatic heterocycles. The Labute approximate surface area is 182 Å². The predicted molar refractivity (Wildman–Crippen MR) is 127 cm³/mol. The van der Waals surface area contributed by atoms with Crippen molar-refractivity contribution in [3.8, 4) is 16.9 Å². The molecule has 0 unspecified atom stereocenters. The number of benzene rings is 2.